The van der Waals surface area contributed by atoms with E-state index in [-0.39, 0.29) is 30.8 Å². The highest BCUT2D eigenvalue weighted by atomic mass is 32.1. The van der Waals surface area contributed by atoms with Crippen molar-refractivity contribution in [2.75, 3.05) is 56.2 Å². The number of ether oxygens (including phenoxy) is 1. The minimum atomic E-state index is -1.03. The Hall–Kier alpha value is -3.82. The van der Waals surface area contributed by atoms with Crippen LogP contribution < -0.4 is 14.5 Å². The van der Waals surface area contributed by atoms with Crippen LogP contribution in [-0.2, 0) is 17.8 Å². The van der Waals surface area contributed by atoms with Gasteiger partial charge in [0.05, 0.1) is 30.8 Å². The van der Waals surface area contributed by atoms with Gasteiger partial charge in [-0.3, -0.25) is 4.79 Å². The second-order valence-corrected chi connectivity index (χ2v) is 12.1. The molecule has 3 aliphatic rings. The van der Waals surface area contributed by atoms with Crippen LogP contribution in [0.15, 0.2) is 36.0 Å². The first-order valence-corrected chi connectivity index (χ1v) is 15.1. The highest BCUT2D eigenvalue weighted by molar-refractivity contribution is 7.17. The summed E-state index contributed by atoms with van der Waals surface area (Å²) in [4.78, 5) is 30.0. The Morgan fingerprint density at radius 3 is 2.83 bits per heavy atom. The highest BCUT2D eigenvalue weighted by Gasteiger charge is 2.35. The lowest BCUT2D eigenvalue weighted by atomic mass is 10.0. The topological polar surface area (TPSA) is 88.8 Å². The Kier molecular flexibility index (Phi) is 7.96. The van der Waals surface area contributed by atoms with Crippen LogP contribution in [0.5, 0.6) is 6.01 Å². The number of hydrogen-bond donors (Lipinski definition) is 0. The molecule has 2 atom stereocenters. The molecular formula is C30H33F2N7O2S. The first-order chi connectivity index (χ1) is 20.3. The standard InChI is InChI=1S/C30H33F2N7O2S/c1-19(31)29(40)39-12-11-38(16-21(39)5-8-33)28-23-6-10-37(26-14-20(32)15-27-24(26)7-13-42-27)17-25(23)34-30(35-28)41-18-22-4-3-9-36(22)2/h7,13-15,21-22H,1,3-6,9-12,16-18H2,2H3/t21-,22-/m0/s1. The molecule has 6 rings (SSSR count). The molecule has 0 aliphatic carbocycles. The molecule has 0 bridgehead atoms. The van der Waals surface area contributed by atoms with Crippen molar-refractivity contribution < 1.29 is 18.3 Å². The number of piperazine rings is 1. The van der Waals surface area contributed by atoms with E-state index in [0.717, 1.165) is 46.4 Å². The summed E-state index contributed by atoms with van der Waals surface area (Å²) in [6.07, 6.45) is 2.85. The number of carbonyl (C=O) groups excluding carboxylic acids is 1. The van der Waals surface area contributed by atoms with Crippen molar-refractivity contribution in [2.24, 2.45) is 0 Å². The zero-order valence-electron chi connectivity index (χ0n) is 23.6. The van der Waals surface area contributed by atoms with Crippen LogP contribution in [0.1, 0.15) is 30.5 Å². The number of carbonyl (C=O) groups is 1. The minimum absolute atomic E-state index is 0.0597. The van der Waals surface area contributed by atoms with Gasteiger partial charge in [0.15, 0.2) is 5.83 Å². The van der Waals surface area contributed by atoms with E-state index in [9.17, 15) is 18.8 Å². The van der Waals surface area contributed by atoms with E-state index in [1.165, 1.54) is 16.2 Å². The average molecular weight is 594 g/mol. The molecule has 42 heavy (non-hydrogen) atoms. The van der Waals surface area contributed by atoms with Crippen LogP contribution >= 0.6 is 11.3 Å². The first-order valence-electron chi connectivity index (χ1n) is 14.2. The maximum absolute atomic E-state index is 14.6. The summed E-state index contributed by atoms with van der Waals surface area (Å²) in [6, 6.07) is 7.35. The van der Waals surface area contributed by atoms with Crippen molar-refractivity contribution in [3.05, 3.63) is 53.1 Å². The van der Waals surface area contributed by atoms with E-state index < -0.39 is 17.8 Å². The molecule has 12 heteroatoms. The number of fused-ring (bicyclic) bond motifs is 2. The summed E-state index contributed by atoms with van der Waals surface area (Å²) in [5, 5.41) is 12.4. The minimum Gasteiger partial charge on any atom is -0.462 e. The number of nitrogens with zero attached hydrogens (tertiary/aromatic N) is 7. The van der Waals surface area contributed by atoms with Crippen molar-refractivity contribution >= 4 is 38.8 Å². The number of likely N-dealkylation sites (tertiary alicyclic amines) is 1. The van der Waals surface area contributed by atoms with Gasteiger partial charge < -0.3 is 24.3 Å². The molecule has 0 spiro atoms. The molecule has 1 aromatic carbocycles. The normalized spacial score (nSPS) is 21.0. The lowest BCUT2D eigenvalue weighted by molar-refractivity contribution is -0.131. The first kappa shape index (κ1) is 28.3. The van der Waals surface area contributed by atoms with Crippen LogP contribution in [0.4, 0.5) is 20.3 Å². The van der Waals surface area contributed by atoms with Gasteiger partial charge in [0.25, 0.3) is 5.91 Å². The highest BCUT2D eigenvalue weighted by Crippen LogP contribution is 2.37. The Balaban J connectivity index is 1.33. The third-order valence-corrected chi connectivity index (χ3v) is 9.42. The molecule has 2 saturated heterocycles. The average Bonchev–Trinajstić information content (AvgIpc) is 3.63. The lowest BCUT2D eigenvalue weighted by Crippen LogP contribution is -2.55. The molecule has 2 aromatic heterocycles. The molecule has 3 aliphatic heterocycles. The zero-order valence-corrected chi connectivity index (χ0v) is 24.4. The quantitative estimate of drug-likeness (QED) is 0.375. The largest absolute Gasteiger partial charge is 0.462 e. The molecule has 5 heterocycles. The Bertz CT molecular complexity index is 1560. The van der Waals surface area contributed by atoms with Crippen molar-refractivity contribution in [1.29, 1.82) is 5.26 Å². The van der Waals surface area contributed by atoms with E-state index in [2.05, 4.69) is 34.4 Å². The molecule has 0 radical (unpaired) electrons. The SMILES string of the molecule is C=C(F)C(=O)N1CCN(c2nc(OC[C@@H]3CCCN3C)nc3c2CCN(c2cc(F)cc4sccc24)C3)C[C@@H]1CC#N. The fraction of sp³-hybridized carbons (Fsp3) is 0.467. The zero-order chi connectivity index (χ0) is 29.4. The molecule has 0 unspecified atom stereocenters. The van der Waals surface area contributed by atoms with Crippen LogP contribution in [-0.4, -0.2) is 84.1 Å². The van der Waals surface area contributed by atoms with Gasteiger partial charge in [0.1, 0.15) is 18.2 Å². The van der Waals surface area contributed by atoms with E-state index in [1.54, 1.807) is 12.1 Å². The van der Waals surface area contributed by atoms with Gasteiger partial charge in [0.2, 0.25) is 0 Å². The fourth-order valence-corrected chi connectivity index (χ4v) is 7.14. The molecule has 9 nitrogen and oxygen atoms in total. The molecule has 2 fully saturated rings. The van der Waals surface area contributed by atoms with E-state index in [1.807, 2.05) is 11.4 Å². The molecule has 220 valence electrons. The smallest absolute Gasteiger partial charge is 0.318 e. The molecular weight excluding hydrogens is 560 g/mol. The fourth-order valence-electron chi connectivity index (χ4n) is 6.31. The van der Waals surface area contributed by atoms with Gasteiger partial charge >= 0.3 is 6.01 Å². The summed E-state index contributed by atoms with van der Waals surface area (Å²) in [6.45, 7) is 6.74. The number of likely N-dealkylation sites (N-methyl/N-ethyl adjacent to an activating group) is 1. The van der Waals surface area contributed by atoms with Crippen molar-refractivity contribution in [3.63, 3.8) is 0 Å². The van der Waals surface area contributed by atoms with Crippen LogP contribution in [0.3, 0.4) is 0 Å². The van der Waals surface area contributed by atoms with Crippen molar-refractivity contribution in [1.82, 2.24) is 19.8 Å². The van der Waals surface area contributed by atoms with Gasteiger partial charge in [-0.2, -0.15) is 15.2 Å². The van der Waals surface area contributed by atoms with Gasteiger partial charge in [-0.25, -0.2) is 8.78 Å². The maximum atomic E-state index is 14.6. The third kappa shape index (κ3) is 5.51. The Labute approximate surface area is 247 Å². The summed E-state index contributed by atoms with van der Waals surface area (Å²) < 4.78 is 35.4. The predicted molar refractivity (Wildman–Crippen MR) is 158 cm³/mol. The van der Waals surface area contributed by atoms with Crippen LogP contribution in [0.2, 0.25) is 0 Å². The van der Waals surface area contributed by atoms with E-state index in [4.69, 9.17) is 14.7 Å². The van der Waals surface area contributed by atoms with Crippen molar-refractivity contribution in [3.8, 4) is 12.1 Å². The Morgan fingerprint density at radius 1 is 1.21 bits per heavy atom. The number of anilines is 2. The van der Waals surface area contributed by atoms with Crippen molar-refractivity contribution in [2.45, 2.75) is 44.3 Å². The predicted octanol–water partition coefficient (Wildman–Crippen LogP) is 4.28. The van der Waals surface area contributed by atoms with Crippen LogP contribution in [0, 0.1) is 17.1 Å². The Morgan fingerprint density at radius 2 is 2.07 bits per heavy atom. The number of benzene rings is 1. The number of halogens is 2. The van der Waals surface area contributed by atoms with Crippen LogP contribution in [0.25, 0.3) is 10.1 Å². The number of nitriles is 1. The number of thiophene rings is 1. The third-order valence-electron chi connectivity index (χ3n) is 8.56. The van der Waals surface area contributed by atoms with Gasteiger partial charge in [-0.05, 0) is 56.4 Å². The monoisotopic (exact) mass is 593 g/mol. The lowest BCUT2D eigenvalue weighted by Gasteiger charge is -2.42. The molecule has 3 aromatic rings. The summed E-state index contributed by atoms with van der Waals surface area (Å²) in [5.41, 5.74) is 2.61. The van der Waals surface area contributed by atoms with E-state index in [0.29, 0.717) is 45.0 Å². The molecule has 1 amide bonds. The maximum Gasteiger partial charge on any atom is 0.318 e. The number of rotatable bonds is 7. The van der Waals surface area contributed by atoms with E-state index >= 15 is 0 Å². The molecule has 0 saturated carbocycles. The summed E-state index contributed by atoms with van der Waals surface area (Å²) in [7, 11) is 2.09. The van der Waals surface area contributed by atoms with Gasteiger partial charge in [-0.1, -0.05) is 6.58 Å². The number of amides is 1. The second kappa shape index (κ2) is 11.8. The number of aromatic nitrogens is 2. The summed E-state index contributed by atoms with van der Waals surface area (Å²) in [5.74, 6) is -1.38. The van der Waals surface area contributed by atoms with Gasteiger partial charge in [0, 0.05) is 53.6 Å². The van der Waals surface area contributed by atoms with Gasteiger partial charge in [-0.15, -0.1) is 11.3 Å². The number of hydrogen-bond acceptors (Lipinski definition) is 9. The summed E-state index contributed by atoms with van der Waals surface area (Å²) >= 11 is 1.51. The molecule has 0 N–H and O–H groups in total. The second-order valence-electron chi connectivity index (χ2n) is 11.1.